The van der Waals surface area contributed by atoms with Gasteiger partial charge in [0.15, 0.2) is 6.61 Å². The van der Waals surface area contributed by atoms with E-state index in [-0.39, 0.29) is 6.61 Å². The highest BCUT2D eigenvalue weighted by Gasteiger charge is 2.30. The molecule has 0 fully saturated rings. The molecule has 0 atom stereocenters. The van der Waals surface area contributed by atoms with Crippen LogP contribution >= 0.6 is 0 Å². The lowest BCUT2D eigenvalue weighted by Gasteiger charge is -2.18. The van der Waals surface area contributed by atoms with Gasteiger partial charge in [-0.15, -0.1) is 0 Å². The quantitative estimate of drug-likeness (QED) is 0.534. The van der Waals surface area contributed by atoms with Gasteiger partial charge in [-0.3, -0.25) is 0 Å². The first kappa shape index (κ1) is 22.9. The van der Waals surface area contributed by atoms with E-state index in [1.165, 1.54) is 23.3 Å². The normalized spacial score (nSPS) is 14.5. The van der Waals surface area contributed by atoms with E-state index in [9.17, 15) is 18.0 Å². The molecule has 2 heterocycles. The molecule has 8 heteroatoms. The molecule has 4 rings (SSSR count). The van der Waals surface area contributed by atoms with E-state index in [2.05, 4.69) is 4.90 Å². The molecule has 0 bridgehead atoms. The van der Waals surface area contributed by atoms with Crippen molar-refractivity contribution in [3.8, 4) is 17.1 Å². The van der Waals surface area contributed by atoms with E-state index in [1.807, 2.05) is 24.3 Å². The zero-order valence-corrected chi connectivity index (χ0v) is 17.9. The highest BCUT2D eigenvalue weighted by Crippen LogP contribution is 2.31. The number of fused-ring (bicyclic) bond motifs is 1. The number of halogens is 3. The van der Waals surface area contributed by atoms with Crippen molar-refractivity contribution in [3.63, 3.8) is 0 Å². The second kappa shape index (κ2) is 9.70. The van der Waals surface area contributed by atoms with Gasteiger partial charge < -0.3 is 19.2 Å². The number of rotatable bonds is 7. The maximum Gasteiger partial charge on any atom is 0.416 e. The Labute approximate surface area is 189 Å². The number of carboxylic acid groups (broad SMARTS) is 1. The van der Waals surface area contributed by atoms with Gasteiger partial charge in [-0.05, 0) is 60.4 Å². The SMILES string of the molecule is O=C(O)COc1ccc2c(c1)CCN(CCc1ccc(-c3ccc(C(F)(F)F)cc3)o1)CC2. The zero-order chi connectivity index (χ0) is 23.4. The fraction of sp³-hybridized carbons (Fsp3) is 0.320. The standard InChI is InChI=1S/C25H24F3NO4/c26-25(27,28)20-4-1-18(2-5-20)23-8-7-21(33-23)11-14-29-12-9-17-3-6-22(32-16-24(30)31)15-19(17)10-13-29/h1-8,15H,9-14,16H2,(H,30,31). The Hall–Kier alpha value is -3.26. The lowest BCUT2D eigenvalue weighted by molar-refractivity contribution is -0.139. The average molecular weight is 459 g/mol. The minimum atomic E-state index is -4.35. The van der Waals surface area contributed by atoms with Gasteiger partial charge in [0.2, 0.25) is 0 Å². The molecule has 0 radical (unpaired) electrons. The van der Waals surface area contributed by atoms with Crippen LogP contribution in [0.3, 0.4) is 0 Å². The van der Waals surface area contributed by atoms with Crippen LogP contribution in [0.15, 0.2) is 59.0 Å². The van der Waals surface area contributed by atoms with Crippen molar-refractivity contribution in [2.45, 2.75) is 25.4 Å². The average Bonchev–Trinajstić information content (AvgIpc) is 3.17. The Morgan fingerprint density at radius 2 is 1.73 bits per heavy atom. The fourth-order valence-electron chi connectivity index (χ4n) is 3.97. The van der Waals surface area contributed by atoms with E-state index in [0.29, 0.717) is 23.5 Å². The summed E-state index contributed by atoms with van der Waals surface area (Å²) in [4.78, 5) is 13.0. The van der Waals surface area contributed by atoms with Crippen LogP contribution < -0.4 is 4.74 Å². The van der Waals surface area contributed by atoms with Crippen molar-refractivity contribution in [1.29, 1.82) is 0 Å². The lowest BCUT2D eigenvalue weighted by atomic mass is 10.0. The van der Waals surface area contributed by atoms with E-state index in [0.717, 1.165) is 50.4 Å². The molecule has 0 saturated carbocycles. The van der Waals surface area contributed by atoms with Crippen LogP contribution in [0.2, 0.25) is 0 Å². The minimum absolute atomic E-state index is 0.359. The molecule has 1 aliphatic heterocycles. The molecule has 2 aromatic carbocycles. The van der Waals surface area contributed by atoms with Gasteiger partial charge in [0.05, 0.1) is 5.56 Å². The van der Waals surface area contributed by atoms with Gasteiger partial charge in [-0.2, -0.15) is 13.2 Å². The first-order valence-corrected chi connectivity index (χ1v) is 10.7. The second-order valence-corrected chi connectivity index (χ2v) is 8.05. The third-order valence-corrected chi connectivity index (χ3v) is 5.77. The van der Waals surface area contributed by atoms with Crippen LogP contribution in [0.25, 0.3) is 11.3 Å². The number of hydrogen-bond acceptors (Lipinski definition) is 4. The molecule has 0 unspecified atom stereocenters. The summed E-state index contributed by atoms with van der Waals surface area (Å²) >= 11 is 0. The smallest absolute Gasteiger partial charge is 0.416 e. The van der Waals surface area contributed by atoms with Crippen molar-refractivity contribution in [2.24, 2.45) is 0 Å². The summed E-state index contributed by atoms with van der Waals surface area (Å²) in [6, 6.07) is 14.3. The number of ether oxygens (including phenoxy) is 1. The summed E-state index contributed by atoms with van der Waals surface area (Å²) in [5.41, 5.74) is 2.34. The number of carboxylic acids is 1. The Morgan fingerprint density at radius 3 is 2.42 bits per heavy atom. The third-order valence-electron chi connectivity index (χ3n) is 5.77. The van der Waals surface area contributed by atoms with Gasteiger partial charge in [0.1, 0.15) is 17.3 Å². The number of alkyl halides is 3. The highest BCUT2D eigenvalue weighted by molar-refractivity contribution is 5.68. The molecule has 0 saturated heterocycles. The molecular formula is C25H24F3NO4. The predicted octanol–water partition coefficient (Wildman–Crippen LogP) is 5.07. The van der Waals surface area contributed by atoms with Gasteiger partial charge in [0.25, 0.3) is 0 Å². The first-order valence-electron chi connectivity index (χ1n) is 10.7. The molecule has 1 aliphatic rings. The Morgan fingerprint density at radius 1 is 1.00 bits per heavy atom. The molecule has 174 valence electrons. The van der Waals surface area contributed by atoms with Gasteiger partial charge in [-0.25, -0.2) is 4.79 Å². The van der Waals surface area contributed by atoms with Crippen LogP contribution in [0, 0.1) is 0 Å². The summed E-state index contributed by atoms with van der Waals surface area (Å²) in [6.07, 6.45) is -1.92. The minimum Gasteiger partial charge on any atom is -0.482 e. The van der Waals surface area contributed by atoms with Crippen molar-refractivity contribution in [1.82, 2.24) is 4.90 Å². The number of aliphatic carboxylic acids is 1. The fourth-order valence-corrected chi connectivity index (χ4v) is 3.97. The number of carbonyl (C=O) groups is 1. The van der Waals surface area contributed by atoms with Crippen LogP contribution in [0.5, 0.6) is 5.75 Å². The summed E-state index contributed by atoms with van der Waals surface area (Å²) in [5.74, 6) is 0.901. The number of nitrogens with zero attached hydrogens (tertiary/aromatic N) is 1. The Kier molecular flexibility index (Phi) is 6.74. The maximum absolute atomic E-state index is 12.7. The monoisotopic (exact) mass is 459 g/mol. The summed E-state index contributed by atoms with van der Waals surface area (Å²) in [6.45, 7) is 2.20. The van der Waals surface area contributed by atoms with Crippen molar-refractivity contribution in [3.05, 3.63) is 77.0 Å². The largest absolute Gasteiger partial charge is 0.482 e. The summed E-state index contributed by atoms with van der Waals surface area (Å²) < 4.78 is 49.4. The molecule has 5 nitrogen and oxygen atoms in total. The van der Waals surface area contributed by atoms with E-state index in [1.54, 1.807) is 6.07 Å². The molecule has 0 spiro atoms. The number of benzene rings is 2. The number of hydrogen-bond donors (Lipinski definition) is 1. The Bertz CT molecular complexity index is 1110. The topological polar surface area (TPSA) is 62.9 Å². The van der Waals surface area contributed by atoms with E-state index in [4.69, 9.17) is 14.3 Å². The van der Waals surface area contributed by atoms with Crippen LogP contribution in [0.4, 0.5) is 13.2 Å². The zero-order valence-electron chi connectivity index (χ0n) is 17.9. The van der Waals surface area contributed by atoms with Crippen molar-refractivity contribution < 1.29 is 32.2 Å². The predicted molar refractivity (Wildman–Crippen MR) is 116 cm³/mol. The summed E-state index contributed by atoms with van der Waals surface area (Å²) in [7, 11) is 0. The molecule has 33 heavy (non-hydrogen) atoms. The molecule has 3 aromatic rings. The third kappa shape index (κ3) is 5.96. The van der Waals surface area contributed by atoms with Crippen LogP contribution in [0.1, 0.15) is 22.5 Å². The first-order chi connectivity index (χ1) is 15.8. The molecular weight excluding hydrogens is 435 g/mol. The lowest BCUT2D eigenvalue weighted by Crippen LogP contribution is -2.28. The Balaban J connectivity index is 1.32. The maximum atomic E-state index is 12.7. The van der Waals surface area contributed by atoms with Gasteiger partial charge in [-0.1, -0.05) is 18.2 Å². The molecule has 1 N–H and O–H groups in total. The van der Waals surface area contributed by atoms with Crippen molar-refractivity contribution in [2.75, 3.05) is 26.2 Å². The van der Waals surface area contributed by atoms with E-state index >= 15 is 0 Å². The van der Waals surface area contributed by atoms with Crippen LogP contribution in [-0.4, -0.2) is 42.2 Å². The molecule has 1 aromatic heterocycles. The van der Waals surface area contributed by atoms with E-state index < -0.39 is 17.7 Å². The second-order valence-electron chi connectivity index (χ2n) is 8.05. The van der Waals surface area contributed by atoms with Crippen LogP contribution in [-0.2, 0) is 30.2 Å². The van der Waals surface area contributed by atoms with Gasteiger partial charge >= 0.3 is 12.1 Å². The van der Waals surface area contributed by atoms with Gasteiger partial charge in [0, 0.05) is 31.6 Å². The highest BCUT2D eigenvalue weighted by atomic mass is 19.4. The summed E-state index contributed by atoms with van der Waals surface area (Å²) in [5, 5.41) is 8.77. The molecule has 0 aliphatic carbocycles. The molecule has 0 amide bonds. The number of furan rings is 1. The van der Waals surface area contributed by atoms with Crippen molar-refractivity contribution >= 4 is 5.97 Å².